The van der Waals surface area contributed by atoms with E-state index in [9.17, 15) is 4.79 Å². The van der Waals surface area contributed by atoms with Gasteiger partial charge < -0.3 is 4.74 Å². The molecule has 23 heavy (non-hydrogen) atoms. The van der Waals surface area contributed by atoms with Crippen LogP contribution in [-0.4, -0.2) is 34.7 Å². The molecule has 1 aromatic heterocycles. The number of anilines is 1. The SMILES string of the molecule is CC(C)CN1CCC[C@H]1c1cccnc1NC(=O)OC(C)(C)C. The fourth-order valence-electron chi connectivity index (χ4n) is 3.06. The van der Waals surface area contributed by atoms with Crippen molar-refractivity contribution in [1.29, 1.82) is 0 Å². The number of nitrogens with zero attached hydrogens (tertiary/aromatic N) is 2. The summed E-state index contributed by atoms with van der Waals surface area (Å²) >= 11 is 0. The van der Waals surface area contributed by atoms with E-state index in [0.717, 1.165) is 25.1 Å². The van der Waals surface area contributed by atoms with Gasteiger partial charge in [0.2, 0.25) is 0 Å². The predicted octanol–water partition coefficient (Wildman–Crippen LogP) is 4.22. The quantitative estimate of drug-likeness (QED) is 0.902. The lowest BCUT2D eigenvalue weighted by Crippen LogP contribution is -2.30. The first-order valence-corrected chi connectivity index (χ1v) is 8.45. The molecule has 0 saturated carbocycles. The number of carbonyl (C=O) groups excluding carboxylic acids is 1. The first-order valence-electron chi connectivity index (χ1n) is 8.45. The zero-order valence-corrected chi connectivity index (χ0v) is 14.9. The van der Waals surface area contributed by atoms with Crippen molar-refractivity contribution in [2.24, 2.45) is 5.92 Å². The highest BCUT2D eigenvalue weighted by molar-refractivity contribution is 5.84. The molecule has 1 aromatic rings. The summed E-state index contributed by atoms with van der Waals surface area (Å²) in [5.74, 6) is 1.23. The molecule has 0 aliphatic carbocycles. The lowest BCUT2D eigenvalue weighted by atomic mass is 10.0. The summed E-state index contributed by atoms with van der Waals surface area (Å²) in [6.45, 7) is 12.2. The summed E-state index contributed by atoms with van der Waals surface area (Å²) in [6.07, 6.45) is 3.53. The molecule has 1 saturated heterocycles. The lowest BCUT2D eigenvalue weighted by Gasteiger charge is -2.28. The number of aromatic nitrogens is 1. The highest BCUT2D eigenvalue weighted by Crippen LogP contribution is 2.35. The minimum Gasteiger partial charge on any atom is -0.444 e. The van der Waals surface area contributed by atoms with E-state index in [1.807, 2.05) is 26.8 Å². The van der Waals surface area contributed by atoms with Gasteiger partial charge in [-0.25, -0.2) is 9.78 Å². The largest absolute Gasteiger partial charge is 0.444 e. The van der Waals surface area contributed by atoms with E-state index in [4.69, 9.17) is 4.74 Å². The van der Waals surface area contributed by atoms with Gasteiger partial charge in [-0.2, -0.15) is 0 Å². The third-order valence-electron chi connectivity index (χ3n) is 3.78. The minimum atomic E-state index is -0.518. The normalized spacial score (nSPS) is 19.1. The van der Waals surface area contributed by atoms with Gasteiger partial charge in [-0.3, -0.25) is 10.2 Å². The Bertz CT molecular complexity index is 537. The maximum Gasteiger partial charge on any atom is 0.413 e. The van der Waals surface area contributed by atoms with E-state index >= 15 is 0 Å². The number of ether oxygens (including phenoxy) is 1. The molecule has 0 bridgehead atoms. The van der Waals surface area contributed by atoms with E-state index in [2.05, 4.69) is 35.1 Å². The monoisotopic (exact) mass is 319 g/mol. The third-order valence-corrected chi connectivity index (χ3v) is 3.78. The molecular formula is C18H29N3O2. The number of rotatable bonds is 4. The molecule has 5 heteroatoms. The van der Waals surface area contributed by atoms with E-state index in [0.29, 0.717) is 17.8 Å². The van der Waals surface area contributed by atoms with Crippen molar-refractivity contribution in [3.05, 3.63) is 23.9 Å². The van der Waals surface area contributed by atoms with E-state index in [-0.39, 0.29) is 0 Å². The Balaban J connectivity index is 2.15. The second-order valence-corrected chi connectivity index (χ2v) is 7.61. The van der Waals surface area contributed by atoms with Gasteiger partial charge >= 0.3 is 6.09 Å². The molecule has 1 fully saturated rings. The molecule has 0 unspecified atom stereocenters. The second kappa shape index (κ2) is 7.30. The van der Waals surface area contributed by atoms with Gasteiger partial charge in [0.15, 0.2) is 0 Å². The molecule has 5 nitrogen and oxygen atoms in total. The van der Waals surface area contributed by atoms with Crippen molar-refractivity contribution in [3.63, 3.8) is 0 Å². The zero-order chi connectivity index (χ0) is 17.0. The molecule has 1 aliphatic rings. The molecule has 128 valence electrons. The highest BCUT2D eigenvalue weighted by Gasteiger charge is 2.29. The Hall–Kier alpha value is -1.62. The van der Waals surface area contributed by atoms with Crippen LogP contribution in [0.1, 0.15) is 59.1 Å². The van der Waals surface area contributed by atoms with Gasteiger partial charge in [-0.1, -0.05) is 19.9 Å². The summed E-state index contributed by atoms with van der Waals surface area (Å²) in [5, 5.41) is 2.82. The molecule has 1 atom stereocenters. The number of carbonyl (C=O) groups is 1. The van der Waals surface area contributed by atoms with Crippen molar-refractivity contribution in [2.45, 2.75) is 59.1 Å². The molecule has 0 radical (unpaired) electrons. The summed E-state index contributed by atoms with van der Waals surface area (Å²) in [7, 11) is 0. The first kappa shape index (κ1) is 17.7. The summed E-state index contributed by atoms with van der Waals surface area (Å²) < 4.78 is 5.35. The van der Waals surface area contributed by atoms with E-state index < -0.39 is 11.7 Å². The Morgan fingerprint density at radius 2 is 2.22 bits per heavy atom. The summed E-state index contributed by atoms with van der Waals surface area (Å²) in [5.41, 5.74) is 0.562. The molecule has 1 N–H and O–H groups in total. The van der Waals surface area contributed by atoms with Gasteiger partial charge in [0.05, 0.1) is 0 Å². The van der Waals surface area contributed by atoms with Crippen molar-refractivity contribution in [2.75, 3.05) is 18.4 Å². The number of amides is 1. The minimum absolute atomic E-state index is 0.316. The fraction of sp³-hybridized carbons (Fsp3) is 0.667. The second-order valence-electron chi connectivity index (χ2n) is 7.61. The Morgan fingerprint density at radius 1 is 1.48 bits per heavy atom. The van der Waals surface area contributed by atoms with Gasteiger partial charge in [-0.05, 0) is 52.1 Å². The van der Waals surface area contributed by atoms with Gasteiger partial charge in [0.25, 0.3) is 0 Å². The van der Waals surface area contributed by atoms with E-state index in [1.54, 1.807) is 6.20 Å². The van der Waals surface area contributed by atoms with Crippen LogP contribution in [-0.2, 0) is 4.74 Å². The zero-order valence-electron chi connectivity index (χ0n) is 14.9. The molecule has 2 rings (SSSR count). The smallest absolute Gasteiger partial charge is 0.413 e. The molecule has 2 heterocycles. The van der Waals surface area contributed by atoms with Crippen LogP contribution in [0.4, 0.5) is 10.6 Å². The predicted molar refractivity (Wildman–Crippen MR) is 92.5 cm³/mol. The Morgan fingerprint density at radius 3 is 2.87 bits per heavy atom. The van der Waals surface area contributed by atoms with Crippen LogP contribution in [0.15, 0.2) is 18.3 Å². The number of pyridine rings is 1. The molecule has 1 aliphatic heterocycles. The van der Waals surface area contributed by atoms with Crippen molar-refractivity contribution >= 4 is 11.9 Å². The van der Waals surface area contributed by atoms with Crippen molar-refractivity contribution in [3.8, 4) is 0 Å². The topological polar surface area (TPSA) is 54.5 Å². The first-order chi connectivity index (χ1) is 10.8. The van der Waals surface area contributed by atoms with Crippen LogP contribution in [0.3, 0.4) is 0 Å². The standard InChI is InChI=1S/C18H29N3O2/c1-13(2)12-21-11-7-9-15(21)14-8-6-10-19-16(14)20-17(22)23-18(3,4)5/h6,8,10,13,15H,7,9,11-12H2,1-5H3,(H,19,20,22)/t15-/m0/s1. The number of likely N-dealkylation sites (tertiary alicyclic amines) is 1. The van der Waals surface area contributed by atoms with Crippen molar-refractivity contribution < 1.29 is 9.53 Å². The van der Waals surface area contributed by atoms with Crippen LogP contribution < -0.4 is 5.32 Å². The fourth-order valence-corrected chi connectivity index (χ4v) is 3.06. The maximum atomic E-state index is 12.1. The maximum absolute atomic E-state index is 12.1. The van der Waals surface area contributed by atoms with Gasteiger partial charge in [0.1, 0.15) is 11.4 Å². The number of hydrogen-bond donors (Lipinski definition) is 1. The van der Waals surface area contributed by atoms with Crippen LogP contribution in [0.2, 0.25) is 0 Å². The molecule has 0 spiro atoms. The number of nitrogens with one attached hydrogen (secondary N) is 1. The Kier molecular flexibility index (Phi) is 5.63. The van der Waals surface area contributed by atoms with Crippen molar-refractivity contribution in [1.82, 2.24) is 9.88 Å². The van der Waals surface area contributed by atoms with Gasteiger partial charge in [0, 0.05) is 24.3 Å². The average molecular weight is 319 g/mol. The summed E-state index contributed by atoms with van der Waals surface area (Å²) in [4.78, 5) is 18.9. The Labute approximate surface area is 139 Å². The van der Waals surface area contributed by atoms with Crippen LogP contribution >= 0.6 is 0 Å². The van der Waals surface area contributed by atoms with Crippen LogP contribution in [0, 0.1) is 5.92 Å². The van der Waals surface area contributed by atoms with Crippen LogP contribution in [0.25, 0.3) is 0 Å². The molecule has 1 amide bonds. The molecular weight excluding hydrogens is 290 g/mol. The number of hydrogen-bond acceptors (Lipinski definition) is 4. The molecule has 0 aromatic carbocycles. The van der Waals surface area contributed by atoms with Gasteiger partial charge in [-0.15, -0.1) is 0 Å². The highest BCUT2D eigenvalue weighted by atomic mass is 16.6. The lowest BCUT2D eigenvalue weighted by molar-refractivity contribution is 0.0635. The van der Waals surface area contributed by atoms with E-state index in [1.165, 1.54) is 6.42 Å². The summed E-state index contributed by atoms with van der Waals surface area (Å²) in [6, 6.07) is 4.31. The van der Waals surface area contributed by atoms with Crippen LogP contribution in [0.5, 0.6) is 0 Å². The third kappa shape index (κ3) is 5.20. The average Bonchev–Trinajstić information content (AvgIpc) is 2.84.